The van der Waals surface area contributed by atoms with Crippen LogP contribution >= 0.6 is 0 Å². The highest BCUT2D eigenvalue weighted by atomic mass is 19.4. The molecule has 1 fully saturated rings. The predicted octanol–water partition coefficient (Wildman–Crippen LogP) is 4.96. The van der Waals surface area contributed by atoms with E-state index in [4.69, 9.17) is 4.42 Å². The summed E-state index contributed by atoms with van der Waals surface area (Å²) in [6, 6.07) is 11.8. The lowest BCUT2D eigenvalue weighted by molar-refractivity contribution is -0.144. The third kappa shape index (κ3) is 3.04. The number of imidazole rings is 1. The van der Waals surface area contributed by atoms with Crippen LogP contribution < -0.4 is 10.3 Å². The molecular weight excluding hydrogens is 383 g/mol. The van der Waals surface area contributed by atoms with Crippen molar-refractivity contribution in [2.45, 2.75) is 19.0 Å². The van der Waals surface area contributed by atoms with Gasteiger partial charge in [0.15, 0.2) is 11.0 Å². The number of H-pyrrole nitrogens is 1. The molecular formula is C21H16F3N3O2. The smallest absolute Gasteiger partial charge is 0.449 e. The normalized spacial score (nSPS) is 14.9. The van der Waals surface area contributed by atoms with Crippen molar-refractivity contribution in [3.05, 3.63) is 58.5 Å². The van der Waals surface area contributed by atoms with Gasteiger partial charge >= 0.3 is 6.18 Å². The molecule has 1 saturated heterocycles. The summed E-state index contributed by atoms with van der Waals surface area (Å²) in [6.45, 7) is 2.04. The molecule has 0 spiro atoms. The van der Waals surface area contributed by atoms with Crippen molar-refractivity contribution >= 4 is 27.7 Å². The Balaban J connectivity index is 1.63. The highest BCUT2D eigenvalue weighted by Crippen LogP contribution is 2.32. The average molecular weight is 399 g/mol. The second-order valence-corrected chi connectivity index (χ2v) is 7.14. The lowest BCUT2D eigenvalue weighted by atomic mass is 10.1. The van der Waals surface area contributed by atoms with Crippen molar-refractivity contribution in [3.8, 4) is 11.3 Å². The maximum absolute atomic E-state index is 13.0. The fourth-order valence-corrected chi connectivity index (χ4v) is 3.78. The Morgan fingerprint density at radius 1 is 1.03 bits per heavy atom. The summed E-state index contributed by atoms with van der Waals surface area (Å²) in [7, 11) is 0. The first-order valence-electron chi connectivity index (χ1n) is 9.29. The second-order valence-electron chi connectivity index (χ2n) is 7.14. The zero-order valence-corrected chi connectivity index (χ0v) is 15.2. The maximum Gasteiger partial charge on any atom is 0.449 e. The molecule has 0 bridgehead atoms. The monoisotopic (exact) mass is 399 g/mol. The number of aromatic nitrogens is 2. The van der Waals surface area contributed by atoms with E-state index in [9.17, 15) is 18.0 Å². The minimum absolute atomic E-state index is 0.0578. The second kappa shape index (κ2) is 6.37. The van der Waals surface area contributed by atoms with Crippen LogP contribution in [0.15, 0.2) is 51.7 Å². The van der Waals surface area contributed by atoms with Crippen LogP contribution in [0.1, 0.15) is 18.7 Å². The summed E-state index contributed by atoms with van der Waals surface area (Å²) < 4.78 is 45.0. The number of alkyl halides is 3. The molecule has 0 atom stereocenters. The van der Waals surface area contributed by atoms with Gasteiger partial charge in [-0.05, 0) is 49.2 Å². The van der Waals surface area contributed by atoms with Crippen molar-refractivity contribution in [1.82, 2.24) is 9.97 Å². The van der Waals surface area contributed by atoms with Gasteiger partial charge in [0.2, 0.25) is 5.82 Å². The molecule has 5 nitrogen and oxygen atoms in total. The fourth-order valence-electron chi connectivity index (χ4n) is 3.78. The van der Waals surface area contributed by atoms with E-state index >= 15 is 0 Å². The molecule has 0 amide bonds. The quantitative estimate of drug-likeness (QED) is 0.518. The van der Waals surface area contributed by atoms with E-state index in [2.05, 4.69) is 14.9 Å². The van der Waals surface area contributed by atoms with Gasteiger partial charge in [-0.3, -0.25) is 4.79 Å². The van der Waals surface area contributed by atoms with E-state index in [0.717, 1.165) is 18.8 Å². The van der Waals surface area contributed by atoms with Crippen LogP contribution in [0.4, 0.5) is 18.9 Å². The lowest BCUT2D eigenvalue weighted by Crippen LogP contribution is -2.17. The van der Waals surface area contributed by atoms with Gasteiger partial charge in [0.1, 0.15) is 11.3 Å². The van der Waals surface area contributed by atoms with Gasteiger partial charge in [0.05, 0.1) is 10.9 Å². The molecule has 1 N–H and O–H groups in total. The molecule has 1 aliphatic rings. The third-order valence-electron chi connectivity index (χ3n) is 5.24. The number of benzene rings is 2. The Morgan fingerprint density at radius 3 is 2.45 bits per heavy atom. The average Bonchev–Trinajstić information content (AvgIpc) is 3.37. The van der Waals surface area contributed by atoms with Crippen LogP contribution in [-0.4, -0.2) is 23.1 Å². The van der Waals surface area contributed by atoms with Crippen LogP contribution in [0.3, 0.4) is 0 Å². The largest absolute Gasteiger partial charge is 0.454 e. The maximum atomic E-state index is 13.0. The Morgan fingerprint density at radius 2 is 1.76 bits per heavy atom. The van der Waals surface area contributed by atoms with Crippen molar-refractivity contribution in [2.75, 3.05) is 18.0 Å². The van der Waals surface area contributed by atoms with Crippen molar-refractivity contribution in [3.63, 3.8) is 0 Å². The van der Waals surface area contributed by atoms with Crippen molar-refractivity contribution < 1.29 is 17.6 Å². The standard InChI is InChI=1S/C21H16F3N3O2/c22-21(23,24)20-25-15-8-7-14-16(28)11-17(29-19(14)18(15)26-20)12-3-5-13(6-4-12)27-9-1-2-10-27/h3-8,11H,1-2,9-10H2,(H,25,26). The lowest BCUT2D eigenvalue weighted by Gasteiger charge is -2.17. The number of halogens is 3. The molecule has 29 heavy (non-hydrogen) atoms. The van der Waals surface area contributed by atoms with Crippen molar-refractivity contribution in [1.29, 1.82) is 0 Å². The van der Waals surface area contributed by atoms with Crippen LogP contribution in [0.2, 0.25) is 0 Å². The molecule has 3 heterocycles. The van der Waals surface area contributed by atoms with E-state index in [1.54, 1.807) is 0 Å². The van der Waals surface area contributed by atoms with Gasteiger partial charge < -0.3 is 14.3 Å². The fraction of sp³-hybridized carbons (Fsp3) is 0.238. The molecule has 0 aliphatic carbocycles. The van der Waals surface area contributed by atoms with Crippen LogP contribution in [0.25, 0.3) is 33.3 Å². The molecule has 2 aromatic heterocycles. The molecule has 0 saturated carbocycles. The zero-order chi connectivity index (χ0) is 20.2. The molecule has 4 aromatic rings. The predicted molar refractivity (Wildman–Crippen MR) is 104 cm³/mol. The molecule has 5 rings (SSSR count). The Kier molecular flexibility index (Phi) is 3.90. The molecule has 0 radical (unpaired) electrons. The summed E-state index contributed by atoms with van der Waals surface area (Å²) in [5.41, 5.74) is 1.67. The number of fused-ring (bicyclic) bond motifs is 3. The van der Waals surface area contributed by atoms with E-state index in [0.29, 0.717) is 11.3 Å². The minimum atomic E-state index is -4.62. The number of hydrogen-bond donors (Lipinski definition) is 1. The highest BCUT2D eigenvalue weighted by molar-refractivity contribution is 6.00. The molecule has 148 valence electrons. The number of nitrogens with zero attached hydrogens (tertiary/aromatic N) is 2. The number of hydrogen-bond acceptors (Lipinski definition) is 4. The van der Waals surface area contributed by atoms with Gasteiger partial charge in [0, 0.05) is 30.4 Å². The van der Waals surface area contributed by atoms with Crippen LogP contribution in [0.5, 0.6) is 0 Å². The Bertz CT molecular complexity index is 1270. The first-order valence-corrected chi connectivity index (χ1v) is 9.29. The van der Waals surface area contributed by atoms with Gasteiger partial charge in [0.25, 0.3) is 0 Å². The molecule has 0 unspecified atom stereocenters. The molecule has 2 aromatic carbocycles. The van der Waals surface area contributed by atoms with Gasteiger partial charge in [-0.25, -0.2) is 4.98 Å². The summed E-state index contributed by atoms with van der Waals surface area (Å²) in [6.07, 6.45) is -2.28. The Hall–Kier alpha value is -3.29. The first-order chi connectivity index (χ1) is 13.9. The summed E-state index contributed by atoms with van der Waals surface area (Å²) in [5.74, 6) is -0.825. The Labute approximate surface area is 162 Å². The van der Waals surface area contributed by atoms with Crippen molar-refractivity contribution in [2.24, 2.45) is 0 Å². The SMILES string of the molecule is O=c1cc(-c2ccc(N3CCCC3)cc2)oc2c1ccc1nc(C(F)(F)F)[nH]c12. The van der Waals surface area contributed by atoms with Gasteiger partial charge in [-0.1, -0.05) is 0 Å². The summed E-state index contributed by atoms with van der Waals surface area (Å²) >= 11 is 0. The third-order valence-corrected chi connectivity index (χ3v) is 5.24. The number of rotatable bonds is 2. The van der Waals surface area contributed by atoms with Crippen LogP contribution in [-0.2, 0) is 6.18 Å². The highest BCUT2D eigenvalue weighted by Gasteiger charge is 2.35. The van der Waals surface area contributed by atoms with E-state index < -0.39 is 12.0 Å². The van der Waals surface area contributed by atoms with Gasteiger partial charge in [-0.2, -0.15) is 13.2 Å². The first kappa shape index (κ1) is 17.8. The van der Waals surface area contributed by atoms with Gasteiger partial charge in [-0.15, -0.1) is 0 Å². The summed E-state index contributed by atoms with van der Waals surface area (Å²) in [5, 5.41) is 0.201. The van der Waals surface area contributed by atoms with Crippen LogP contribution in [0, 0.1) is 0 Å². The molecule has 1 aliphatic heterocycles. The number of nitrogens with one attached hydrogen (secondary N) is 1. The number of aromatic amines is 1. The summed E-state index contributed by atoms with van der Waals surface area (Å²) in [4.78, 5) is 20.7. The minimum Gasteiger partial charge on any atom is -0.454 e. The van der Waals surface area contributed by atoms with E-state index in [1.807, 2.05) is 24.3 Å². The zero-order valence-electron chi connectivity index (χ0n) is 15.2. The van der Waals surface area contributed by atoms with E-state index in [-0.39, 0.29) is 27.4 Å². The topological polar surface area (TPSA) is 62.1 Å². The number of anilines is 1. The molecule has 8 heteroatoms. The van der Waals surface area contributed by atoms with E-state index in [1.165, 1.54) is 31.0 Å².